The van der Waals surface area contributed by atoms with E-state index in [0.717, 1.165) is 10.8 Å². The summed E-state index contributed by atoms with van der Waals surface area (Å²) in [4.78, 5) is 23.7. The molecule has 18 heavy (non-hydrogen) atoms. The van der Waals surface area contributed by atoms with Crippen molar-refractivity contribution in [3.8, 4) is 0 Å². The van der Waals surface area contributed by atoms with Gasteiger partial charge in [-0.3, -0.25) is 9.59 Å². The molecule has 0 spiro atoms. The van der Waals surface area contributed by atoms with Crippen LogP contribution in [0.4, 0.5) is 0 Å². The van der Waals surface area contributed by atoms with Gasteiger partial charge in [0.1, 0.15) is 0 Å². The maximum atomic E-state index is 11.8. The summed E-state index contributed by atoms with van der Waals surface area (Å²) >= 11 is 6.35. The lowest BCUT2D eigenvalue weighted by atomic mass is 9.97. The van der Waals surface area contributed by atoms with Gasteiger partial charge in [0.15, 0.2) is 11.6 Å². The topological polar surface area (TPSA) is 34.1 Å². The smallest absolute Gasteiger partial charge is 0.173 e. The van der Waals surface area contributed by atoms with Crippen molar-refractivity contribution >= 4 is 54.2 Å². The minimum absolute atomic E-state index is 0.0176. The molecule has 92 valence electrons. The van der Waals surface area contributed by atoms with Gasteiger partial charge in [-0.1, -0.05) is 68.3 Å². The Bertz CT molecular complexity index is 565. The maximum Gasteiger partial charge on any atom is 0.173 e. The molecule has 0 aliphatic carbocycles. The Hall–Kier alpha value is -1.00. The summed E-state index contributed by atoms with van der Waals surface area (Å²) < 4.78 is 0. The Morgan fingerprint density at radius 2 is 1.17 bits per heavy atom. The predicted octanol–water partition coefficient (Wildman–Crippen LogP) is 4.00. The highest BCUT2D eigenvalue weighted by molar-refractivity contribution is 9.09. The Kier molecular flexibility index (Phi) is 4.30. The van der Waals surface area contributed by atoms with Gasteiger partial charge in [0, 0.05) is 11.1 Å². The van der Waals surface area contributed by atoms with E-state index in [9.17, 15) is 9.59 Å². The van der Waals surface area contributed by atoms with Crippen LogP contribution in [0.2, 0.25) is 0 Å². The zero-order chi connectivity index (χ0) is 13.1. The van der Waals surface area contributed by atoms with Crippen LogP contribution >= 0.6 is 31.9 Å². The Morgan fingerprint density at radius 1 is 0.778 bits per heavy atom. The van der Waals surface area contributed by atoms with Crippen LogP contribution in [0.5, 0.6) is 0 Å². The van der Waals surface area contributed by atoms with Crippen LogP contribution in [0, 0.1) is 0 Å². The molecule has 0 radical (unpaired) electrons. The van der Waals surface area contributed by atoms with Crippen LogP contribution in [0.1, 0.15) is 20.7 Å². The first-order valence-corrected chi connectivity index (χ1v) is 7.63. The number of fused-ring (bicyclic) bond motifs is 1. The number of halogens is 2. The second-order valence-electron chi connectivity index (χ2n) is 3.82. The standard InChI is InChI=1S/C14H10Br2O2/c15-7-13(17)11-5-1-3-9-10(11)4-2-6-12(9)14(18)8-16/h1-6H,7-8H2. The minimum atomic E-state index is 0.0176. The van der Waals surface area contributed by atoms with E-state index in [1.165, 1.54) is 0 Å². The first-order chi connectivity index (χ1) is 8.69. The summed E-state index contributed by atoms with van der Waals surface area (Å²) in [6.45, 7) is 0. The number of rotatable bonds is 4. The number of carbonyl (C=O) groups excluding carboxylic acids is 2. The molecule has 0 bridgehead atoms. The molecule has 0 N–H and O–H groups in total. The fourth-order valence-electron chi connectivity index (χ4n) is 1.94. The molecular weight excluding hydrogens is 360 g/mol. The van der Waals surface area contributed by atoms with Crippen LogP contribution < -0.4 is 0 Å². The highest BCUT2D eigenvalue weighted by Crippen LogP contribution is 2.24. The van der Waals surface area contributed by atoms with Gasteiger partial charge >= 0.3 is 0 Å². The molecule has 0 saturated heterocycles. The van der Waals surface area contributed by atoms with Crippen molar-refractivity contribution in [3.63, 3.8) is 0 Å². The molecule has 0 aliphatic rings. The van der Waals surface area contributed by atoms with Crippen LogP contribution in [-0.4, -0.2) is 22.2 Å². The normalized spacial score (nSPS) is 10.6. The largest absolute Gasteiger partial charge is 0.293 e. The summed E-state index contributed by atoms with van der Waals surface area (Å²) in [5.74, 6) is 0.0353. The highest BCUT2D eigenvalue weighted by Gasteiger charge is 2.13. The first-order valence-electron chi connectivity index (χ1n) is 5.39. The zero-order valence-electron chi connectivity index (χ0n) is 9.45. The zero-order valence-corrected chi connectivity index (χ0v) is 12.6. The van der Waals surface area contributed by atoms with Crippen molar-refractivity contribution in [2.45, 2.75) is 0 Å². The first kappa shape index (κ1) is 13.4. The molecule has 0 amide bonds. The summed E-state index contributed by atoms with van der Waals surface area (Å²) in [6, 6.07) is 10.9. The van der Waals surface area contributed by atoms with Crippen molar-refractivity contribution < 1.29 is 9.59 Å². The van der Waals surface area contributed by atoms with Crippen molar-refractivity contribution in [2.24, 2.45) is 0 Å². The van der Waals surface area contributed by atoms with E-state index in [-0.39, 0.29) is 22.2 Å². The van der Waals surface area contributed by atoms with E-state index in [0.29, 0.717) is 11.1 Å². The van der Waals surface area contributed by atoms with E-state index in [1.54, 1.807) is 12.1 Å². The average Bonchev–Trinajstić information content (AvgIpc) is 2.44. The fraction of sp³-hybridized carbons (Fsp3) is 0.143. The summed E-state index contributed by atoms with van der Waals surface area (Å²) in [5.41, 5.74) is 1.29. The molecule has 0 aliphatic heterocycles. The van der Waals surface area contributed by atoms with Crippen molar-refractivity contribution in [2.75, 3.05) is 10.7 Å². The summed E-state index contributed by atoms with van der Waals surface area (Å²) in [6.07, 6.45) is 0. The maximum absolute atomic E-state index is 11.8. The van der Waals surface area contributed by atoms with Crippen LogP contribution in [0.3, 0.4) is 0 Å². The molecular formula is C14H10Br2O2. The molecule has 0 fully saturated rings. The van der Waals surface area contributed by atoms with E-state index >= 15 is 0 Å². The van der Waals surface area contributed by atoms with Gasteiger partial charge in [-0.25, -0.2) is 0 Å². The molecule has 2 aromatic rings. The number of benzene rings is 2. The number of Topliss-reactive ketones (excluding diaryl/α,β-unsaturated/α-hetero) is 2. The van der Waals surface area contributed by atoms with Crippen molar-refractivity contribution in [1.29, 1.82) is 0 Å². The lowest BCUT2D eigenvalue weighted by molar-refractivity contribution is 0.101. The van der Waals surface area contributed by atoms with Gasteiger partial charge in [0.2, 0.25) is 0 Å². The van der Waals surface area contributed by atoms with Crippen molar-refractivity contribution in [1.82, 2.24) is 0 Å². The minimum Gasteiger partial charge on any atom is -0.293 e. The molecule has 2 aromatic carbocycles. The SMILES string of the molecule is O=C(CBr)c1cccc2c(C(=O)CBr)cccc12. The van der Waals surface area contributed by atoms with Gasteiger partial charge in [0.25, 0.3) is 0 Å². The quantitative estimate of drug-likeness (QED) is 0.603. The molecule has 0 aromatic heterocycles. The number of ketones is 2. The monoisotopic (exact) mass is 368 g/mol. The third-order valence-corrected chi connectivity index (χ3v) is 3.78. The number of hydrogen-bond acceptors (Lipinski definition) is 2. The molecule has 2 nitrogen and oxygen atoms in total. The van der Waals surface area contributed by atoms with E-state index in [4.69, 9.17) is 0 Å². The van der Waals surface area contributed by atoms with Crippen LogP contribution in [0.15, 0.2) is 36.4 Å². The summed E-state index contributed by atoms with van der Waals surface area (Å²) in [5, 5.41) is 2.22. The molecule has 0 atom stereocenters. The van der Waals surface area contributed by atoms with Gasteiger partial charge in [-0.15, -0.1) is 0 Å². The molecule has 0 saturated carbocycles. The summed E-state index contributed by atoms with van der Waals surface area (Å²) in [7, 11) is 0. The van der Waals surface area contributed by atoms with Gasteiger partial charge in [0.05, 0.1) is 10.7 Å². The average molecular weight is 370 g/mol. The predicted molar refractivity (Wildman–Crippen MR) is 80.2 cm³/mol. The second kappa shape index (κ2) is 5.76. The molecule has 0 unspecified atom stereocenters. The lowest BCUT2D eigenvalue weighted by Gasteiger charge is -2.07. The number of carbonyl (C=O) groups is 2. The van der Waals surface area contributed by atoms with Gasteiger partial charge < -0.3 is 0 Å². The molecule has 0 heterocycles. The van der Waals surface area contributed by atoms with Gasteiger partial charge in [-0.05, 0) is 10.8 Å². The second-order valence-corrected chi connectivity index (χ2v) is 4.94. The van der Waals surface area contributed by atoms with E-state index in [2.05, 4.69) is 31.9 Å². The van der Waals surface area contributed by atoms with E-state index in [1.807, 2.05) is 24.3 Å². The number of alkyl halides is 2. The van der Waals surface area contributed by atoms with Crippen LogP contribution in [-0.2, 0) is 0 Å². The third-order valence-electron chi connectivity index (χ3n) is 2.77. The highest BCUT2D eigenvalue weighted by atomic mass is 79.9. The van der Waals surface area contributed by atoms with Crippen LogP contribution in [0.25, 0.3) is 10.8 Å². The Morgan fingerprint density at radius 3 is 1.50 bits per heavy atom. The van der Waals surface area contributed by atoms with E-state index < -0.39 is 0 Å². The Labute approximate surface area is 122 Å². The molecule has 2 rings (SSSR count). The van der Waals surface area contributed by atoms with Crippen molar-refractivity contribution in [3.05, 3.63) is 47.5 Å². The number of hydrogen-bond donors (Lipinski definition) is 0. The molecule has 4 heteroatoms. The Balaban J connectivity index is 2.73. The fourth-order valence-corrected chi connectivity index (χ4v) is 2.54. The third kappa shape index (κ3) is 2.40. The lowest BCUT2D eigenvalue weighted by Crippen LogP contribution is -2.04. The van der Waals surface area contributed by atoms with Gasteiger partial charge in [-0.2, -0.15) is 0 Å².